The molecule has 3 rings (SSSR count). The largest absolute Gasteiger partial charge is 0.481 e. The molecule has 1 aliphatic heterocycles. The molecule has 0 saturated heterocycles. The van der Waals surface area contributed by atoms with Gasteiger partial charge in [-0.2, -0.15) is 0 Å². The fraction of sp³-hybridized carbons (Fsp3) is 0.412. The Morgan fingerprint density at radius 2 is 2.17 bits per heavy atom. The predicted molar refractivity (Wildman–Crippen MR) is 95.7 cm³/mol. The second-order valence-corrected chi connectivity index (χ2v) is 7.92. The Morgan fingerprint density at radius 1 is 1.30 bits per heavy atom. The first-order chi connectivity index (χ1) is 11.2. The second-order valence-electron chi connectivity index (χ2n) is 5.42. The Balaban J connectivity index is 1.80. The molecule has 0 radical (unpaired) electrons. The van der Waals surface area contributed by atoms with Crippen molar-refractivity contribution >= 4 is 27.3 Å². The Kier molecular flexibility index (Phi) is 5.46. The summed E-state index contributed by atoms with van der Waals surface area (Å²) in [6, 6.07) is 9.95. The van der Waals surface area contributed by atoms with Crippen molar-refractivity contribution in [2.45, 2.75) is 19.4 Å². The van der Waals surface area contributed by atoms with E-state index in [-0.39, 0.29) is 12.9 Å². The number of halogens is 1. The fourth-order valence-electron chi connectivity index (χ4n) is 2.41. The second kappa shape index (κ2) is 7.55. The molecule has 6 heteroatoms. The van der Waals surface area contributed by atoms with Crippen LogP contribution in [0.1, 0.15) is 24.3 Å². The van der Waals surface area contributed by atoms with Gasteiger partial charge in [0.25, 0.3) is 0 Å². The van der Waals surface area contributed by atoms with Crippen molar-refractivity contribution in [1.29, 1.82) is 0 Å². The molecule has 1 aromatic carbocycles. The number of rotatable bonds is 7. The Morgan fingerprint density at radius 3 is 2.91 bits per heavy atom. The van der Waals surface area contributed by atoms with E-state index in [0.29, 0.717) is 5.75 Å². The minimum Gasteiger partial charge on any atom is -0.481 e. The molecule has 2 aromatic rings. The van der Waals surface area contributed by atoms with Gasteiger partial charge >= 0.3 is 0 Å². The van der Waals surface area contributed by atoms with Gasteiger partial charge in [-0.1, -0.05) is 13.0 Å². The Hall–Kier alpha value is -1.24. The minimum atomic E-state index is -0.00370. The molecule has 0 saturated carbocycles. The van der Waals surface area contributed by atoms with E-state index in [1.54, 1.807) is 11.3 Å². The van der Waals surface area contributed by atoms with Gasteiger partial charge in [-0.25, -0.2) is 0 Å². The van der Waals surface area contributed by atoms with Crippen molar-refractivity contribution in [2.75, 3.05) is 26.9 Å². The third kappa shape index (κ3) is 4.00. The molecule has 1 aliphatic rings. The van der Waals surface area contributed by atoms with Crippen LogP contribution in [0.5, 0.6) is 17.2 Å². The molecule has 0 aliphatic carbocycles. The lowest BCUT2D eigenvalue weighted by atomic mass is 10.2. The highest BCUT2D eigenvalue weighted by atomic mass is 79.9. The van der Waals surface area contributed by atoms with E-state index in [1.165, 1.54) is 4.88 Å². The summed E-state index contributed by atoms with van der Waals surface area (Å²) in [6.07, 6.45) is 0.915. The molecule has 23 heavy (non-hydrogen) atoms. The van der Waals surface area contributed by atoms with Crippen LogP contribution in [0.4, 0.5) is 0 Å². The number of hydrogen-bond donors (Lipinski definition) is 0. The summed E-state index contributed by atoms with van der Waals surface area (Å²) in [5, 5.41) is 0. The summed E-state index contributed by atoms with van der Waals surface area (Å²) in [5.74, 6) is 2.20. The Bertz CT molecular complexity index is 661. The lowest BCUT2D eigenvalue weighted by Crippen LogP contribution is -2.22. The number of nitrogens with zero attached hydrogens (tertiary/aromatic N) is 1. The van der Waals surface area contributed by atoms with Gasteiger partial charge in [0.05, 0.1) is 3.79 Å². The molecule has 0 bridgehead atoms. The first kappa shape index (κ1) is 16.6. The number of hydrogen-bond acceptors (Lipinski definition) is 5. The molecule has 0 N–H and O–H groups in total. The molecule has 0 unspecified atom stereocenters. The zero-order chi connectivity index (χ0) is 16.2. The van der Waals surface area contributed by atoms with Crippen LogP contribution in [-0.4, -0.2) is 31.8 Å². The average Bonchev–Trinajstić information content (AvgIpc) is 3.20. The molecule has 0 amide bonds. The van der Waals surface area contributed by atoms with Crippen LogP contribution in [0.2, 0.25) is 0 Å². The molecule has 124 valence electrons. The zero-order valence-corrected chi connectivity index (χ0v) is 15.7. The first-order valence-electron chi connectivity index (χ1n) is 7.66. The fourth-order valence-corrected chi connectivity index (χ4v) is 3.89. The first-order valence-corrected chi connectivity index (χ1v) is 9.27. The Labute approximate surface area is 149 Å². The molecule has 4 nitrogen and oxygen atoms in total. The molecule has 0 spiro atoms. The quantitative estimate of drug-likeness (QED) is 0.677. The van der Waals surface area contributed by atoms with Gasteiger partial charge < -0.3 is 19.1 Å². The summed E-state index contributed by atoms with van der Waals surface area (Å²) >= 11 is 5.25. The van der Waals surface area contributed by atoms with E-state index in [1.807, 2.05) is 18.2 Å². The number of thiophene rings is 1. The van der Waals surface area contributed by atoms with Crippen molar-refractivity contribution in [2.24, 2.45) is 0 Å². The van der Waals surface area contributed by atoms with Crippen LogP contribution < -0.4 is 14.2 Å². The maximum Gasteiger partial charge on any atom is 0.231 e. The van der Waals surface area contributed by atoms with Crippen molar-refractivity contribution in [3.8, 4) is 17.2 Å². The van der Waals surface area contributed by atoms with Crippen molar-refractivity contribution in [3.63, 3.8) is 0 Å². The summed E-state index contributed by atoms with van der Waals surface area (Å²) in [5.41, 5.74) is 0. The summed E-state index contributed by atoms with van der Waals surface area (Å²) in [7, 11) is 2.12. The van der Waals surface area contributed by atoms with Gasteiger partial charge in [-0.15, -0.1) is 11.3 Å². The van der Waals surface area contributed by atoms with Gasteiger partial charge in [-0.3, -0.25) is 0 Å². The number of benzene rings is 1. The van der Waals surface area contributed by atoms with Crippen LogP contribution in [0.3, 0.4) is 0 Å². The molecular weight excluding hydrogens is 378 g/mol. The van der Waals surface area contributed by atoms with Crippen LogP contribution in [0.15, 0.2) is 34.1 Å². The highest BCUT2D eigenvalue weighted by Gasteiger charge is 2.23. The minimum absolute atomic E-state index is 0.00370. The highest BCUT2D eigenvalue weighted by Crippen LogP contribution is 2.43. The SMILES string of the molecule is CCN(C)CC[C@H](Oc1cccc2c1OCO2)c1ccc(Br)s1. The predicted octanol–water partition coefficient (Wildman–Crippen LogP) is 4.70. The van der Waals surface area contributed by atoms with Crippen molar-refractivity contribution in [1.82, 2.24) is 4.90 Å². The lowest BCUT2D eigenvalue weighted by molar-refractivity contribution is 0.153. The number of fused-ring (bicyclic) bond motifs is 1. The summed E-state index contributed by atoms with van der Waals surface area (Å²) in [4.78, 5) is 3.49. The van der Waals surface area contributed by atoms with E-state index in [9.17, 15) is 0 Å². The lowest BCUT2D eigenvalue weighted by Gasteiger charge is -2.22. The van der Waals surface area contributed by atoms with Crippen LogP contribution in [-0.2, 0) is 0 Å². The third-order valence-corrected chi connectivity index (χ3v) is 5.57. The number of ether oxygens (including phenoxy) is 3. The van der Waals surface area contributed by atoms with Gasteiger partial charge in [0.1, 0.15) is 6.10 Å². The monoisotopic (exact) mass is 397 g/mol. The summed E-state index contributed by atoms with van der Waals surface area (Å²) < 4.78 is 18.4. The van der Waals surface area contributed by atoms with E-state index in [4.69, 9.17) is 14.2 Å². The van der Waals surface area contributed by atoms with Gasteiger partial charge in [0.2, 0.25) is 12.5 Å². The van der Waals surface area contributed by atoms with E-state index in [0.717, 1.165) is 34.8 Å². The van der Waals surface area contributed by atoms with Gasteiger partial charge in [-0.05, 0) is 53.8 Å². The maximum atomic E-state index is 6.31. The molecule has 1 atom stereocenters. The van der Waals surface area contributed by atoms with Gasteiger partial charge in [0, 0.05) is 17.8 Å². The third-order valence-electron chi connectivity index (χ3n) is 3.85. The molecule has 1 aromatic heterocycles. The van der Waals surface area contributed by atoms with Crippen molar-refractivity contribution in [3.05, 3.63) is 39.0 Å². The molecular formula is C17H20BrNO3S. The van der Waals surface area contributed by atoms with E-state index >= 15 is 0 Å². The standard InChI is InChI=1S/C17H20BrNO3S/c1-3-19(2)10-9-12(15-7-8-16(18)23-15)22-14-6-4-5-13-17(14)21-11-20-13/h4-8,12H,3,9-11H2,1-2H3/t12-/m0/s1. The number of para-hydroxylation sites is 1. The van der Waals surface area contributed by atoms with Crippen LogP contribution >= 0.6 is 27.3 Å². The zero-order valence-electron chi connectivity index (χ0n) is 13.3. The molecule has 0 fully saturated rings. The van der Waals surface area contributed by atoms with Crippen LogP contribution in [0.25, 0.3) is 0 Å². The average molecular weight is 398 g/mol. The van der Waals surface area contributed by atoms with Crippen molar-refractivity contribution < 1.29 is 14.2 Å². The molecule has 2 heterocycles. The highest BCUT2D eigenvalue weighted by molar-refractivity contribution is 9.11. The summed E-state index contributed by atoms with van der Waals surface area (Å²) in [6.45, 7) is 4.41. The van der Waals surface area contributed by atoms with E-state index in [2.05, 4.69) is 46.9 Å². The van der Waals surface area contributed by atoms with Gasteiger partial charge in [0.15, 0.2) is 11.5 Å². The topological polar surface area (TPSA) is 30.9 Å². The smallest absolute Gasteiger partial charge is 0.231 e. The van der Waals surface area contributed by atoms with E-state index < -0.39 is 0 Å². The maximum absolute atomic E-state index is 6.31. The normalized spacial score (nSPS) is 14.3. The van der Waals surface area contributed by atoms with Crippen LogP contribution in [0, 0.1) is 0 Å².